The molecule has 0 aromatic carbocycles. The van der Waals surface area contributed by atoms with Crippen molar-refractivity contribution in [3.05, 3.63) is 24.0 Å². The van der Waals surface area contributed by atoms with Gasteiger partial charge in [0.05, 0.1) is 23.7 Å². The van der Waals surface area contributed by atoms with Gasteiger partial charge in [0.2, 0.25) is 0 Å². The zero-order valence-electron chi connectivity index (χ0n) is 6.01. The number of hydrogen-bond acceptors (Lipinski definition) is 2. The summed E-state index contributed by atoms with van der Waals surface area (Å²) in [4.78, 5) is 9.89. The van der Waals surface area contributed by atoms with Crippen LogP contribution in [0.5, 0.6) is 0 Å². The van der Waals surface area contributed by atoms with Crippen LogP contribution >= 0.6 is 0 Å². The number of alkyl halides is 1. The predicted octanol–water partition coefficient (Wildman–Crippen LogP) is 1.57. The highest BCUT2D eigenvalue weighted by Crippen LogP contribution is 2.15. The molecule has 2 rings (SSSR count). The summed E-state index contributed by atoms with van der Waals surface area (Å²) >= 11 is 0. The first-order valence-corrected chi connectivity index (χ1v) is 3.35. The lowest BCUT2D eigenvalue weighted by Gasteiger charge is -1.95. The maximum absolute atomic E-state index is 12.9. The number of nitrogens with zero attached hydrogens (tertiary/aromatic N) is 2. The minimum absolute atomic E-state index is 0.137. The van der Waals surface area contributed by atoms with Gasteiger partial charge in [0.1, 0.15) is 12.2 Å². The van der Waals surface area contributed by atoms with Crippen LogP contribution in [0.25, 0.3) is 11.0 Å². The van der Waals surface area contributed by atoms with E-state index in [1.54, 1.807) is 0 Å². The van der Waals surface area contributed by atoms with Crippen LogP contribution < -0.4 is 0 Å². The Morgan fingerprint density at radius 1 is 1.42 bits per heavy atom. The SMILES string of the molecule is FCc1ncc(F)c2nc[nH]c12. The molecule has 0 unspecified atom stereocenters. The molecule has 2 aromatic rings. The van der Waals surface area contributed by atoms with E-state index in [9.17, 15) is 8.78 Å². The molecular weight excluding hydrogens is 164 g/mol. The number of rotatable bonds is 1. The van der Waals surface area contributed by atoms with Crippen molar-refractivity contribution in [3.63, 3.8) is 0 Å². The van der Waals surface area contributed by atoms with Crippen molar-refractivity contribution >= 4 is 11.0 Å². The van der Waals surface area contributed by atoms with Gasteiger partial charge in [0, 0.05) is 0 Å². The highest BCUT2D eigenvalue weighted by molar-refractivity contribution is 5.76. The number of halogens is 2. The molecule has 3 nitrogen and oxygen atoms in total. The molecule has 2 heterocycles. The molecule has 12 heavy (non-hydrogen) atoms. The van der Waals surface area contributed by atoms with E-state index in [0.717, 1.165) is 6.20 Å². The molecule has 0 radical (unpaired) electrons. The molecule has 0 saturated heterocycles. The monoisotopic (exact) mass is 169 g/mol. The normalized spacial score (nSPS) is 10.8. The molecule has 2 aromatic heterocycles. The van der Waals surface area contributed by atoms with Crippen LogP contribution in [0.3, 0.4) is 0 Å². The van der Waals surface area contributed by atoms with Crippen molar-refractivity contribution < 1.29 is 8.78 Å². The molecule has 0 fully saturated rings. The fraction of sp³-hybridized carbons (Fsp3) is 0.143. The summed E-state index contributed by atoms with van der Waals surface area (Å²) in [6.07, 6.45) is 2.28. The second kappa shape index (κ2) is 2.51. The Bertz CT molecular complexity index is 410. The fourth-order valence-electron chi connectivity index (χ4n) is 1.06. The van der Waals surface area contributed by atoms with Gasteiger partial charge in [0.15, 0.2) is 5.82 Å². The number of aromatic nitrogens is 3. The highest BCUT2D eigenvalue weighted by atomic mass is 19.1. The summed E-state index contributed by atoms with van der Waals surface area (Å²) in [6.45, 7) is -0.723. The Morgan fingerprint density at radius 2 is 2.25 bits per heavy atom. The molecule has 0 spiro atoms. The Balaban J connectivity index is 2.82. The van der Waals surface area contributed by atoms with E-state index in [4.69, 9.17) is 0 Å². The van der Waals surface area contributed by atoms with Crippen molar-refractivity contribution in [1.82, 2.24) is 15.0 Å². The molecule has 0 bridgehead atoms. The number of nitrogens with one attached hydrogen (secondary N) is 1. The van der Waals surface area contributed by atoms with E-state index in [0.29, 0.717) is 5.52 Å². The summed E-state index contributed by atoms with van der Waals surface area (Å²) in [6, 6.07) is 0. The summed E-state index contributed by atoms with van der Waals surface area (Å²) in [5.41, 5.74) is 0.652. The first kappa shape index (κ1) is 7.15. The molecule has 5 heteroatoms. The molecule has 0 aliphatic heterocycles. The number of imidazole rings is 1. The first-order chi connectivity index (χ1) is 5.83. The van der Waals surface area contributed by atoms with Crippen LogP contribution in [0.2, 0.25) is 0 Å². The molecule has 0 aliphatic carbocycles. The number of hydrogen-bond donors (Lipinski definition) is 1. The minimum Gasteiger partial charge on any atom is -0.343 e. The van der Waals surface area contributed by atoms with E-state index >= 15 is 0 Å². The largest absolute Gasteiger partial charge is 0.343 e. The fourth-order valence-corrected chi connectivity index (χ4v) is 1.06. The quantitative estimate of drug-likeness (QED) is 0.703. The molecule has 0 aliphatic rings. The second-order valence-electron chi connectivity index (χ2n) is 2.31. The second-order valence-corrected chi connectivity index (χ2v) is 2.31. The minimum atomic E-state index is -0.723. The standard InChI is InChI=1S/C7H5F2N3/c8-1-5-7-6(11-3-12-7)4(9)2-10-5/h2-3H,1H2,(H,11,12). The van der Waals surface area contributed by atoms with Crippen LogP contribution in [0, 0.1) is 5.82 Å². The van der Waals surface area contributed by atoms with Crippen LogP contribution in [-0.2, 0) is 6.67 Å². The van der Waals surface area contributed by atoms with Crippen molar-refractivity contribution in [2.24, 2.45) is 0 Å². The van der Waals surface area contributed by atoms with Gasteiger partial charge >= 0.3 is 0 Å². The van der Waals surface area contributed by atoms with Crippen LogP contribution in [-0.4, -0.2) is 15.0 Å². The maximum atomic E-state index is 12.9. The van der Waals surface area contributed by atoms with Crippen molar-refractivity contribution in [2.45, 2.75) is 6.67 Å². The van der Waals surface area contributed by atoms with Gasteiger partial charge in [0.25, 0.3) is 0 Å². The predicted molar refractivity (Wildman–Crippen MR) is 38.7 cm³/mol. The first-order valence-electron chi connectivity index (χ1n) is 3.35. The van der Waals surface area contributed by atoms with E-state index < -0.39 is 12.5 Å². The molecule has 0 saturated carbocycles. The average molecular weight is 169 g/mol. The Kier molecular flexibility index (Phi) is 1.49. The summed E-state index contributed by atoms with van der Waals surface area (Å²) in [5.74, 6) is -0.538. The smallest absolute Gasteiger partial charge is 0.169 e. The Hall–Kier alpha value is -1.52. The van der Waals surface area contributed by atoms with Gasteiger partial charge in [-0.25, -0.2) is 13.8 Å². The van der Waals surface area contributed by atoms with E-state index in [1.165, 1.54) is 6.33 Å². The van der Waals surface area contributed by atoms with E-state index in [-0.39, 0.29) is 11.2 Å². The topological polar surface area (TPSA) is 41.6 Å². The van der Waals surface area contributed by atoms with E-state index in [2.05, 4.69) is 15.0 Å². The van der Waals surface area contributed by atoms with Crippen molar-refractivity contribution in [2.75, 3.05) is 0 Å². The zero-order valence-corrected chi connectivity index (χ0v) is 6.01. The van der Waals surface area contributed by atoms with Gasteiger partial charge < -0.3 is 4.98 Å². The van der Waals surface area contributed by atoms with Gasteiger partial charge in [-0.3, -0.25) is 4.98 Å². The Morgan fingerprint density at radius 3 is 3.00 bits per heavy atom. The average Bonchev–Trinajstić information content (AvgIpc) is 2.54. The lowest BCUT2D eigenvalue weighted by atomic mass is 10.3. The van der Waals surface area contributed by atoms with Gasteiger partial charge in [-0.1, -0.05) is 0 Å². The van der Waals surface area contributed by atoms with Gasteiger partial charge in [-0.15, -0.1) is 0 Å². The third-order valence-electron chi connectivity index (χ3n) is 1.61. The number of pyridine rings is 1. The molecule has 1 N–H and O–H groups in total. The van der Waals surface area contributed by atoms with Crippen LogP contribution in [0.4, 0.5) is 8.78 Å². The maximum Gasteiger partial charge on any atom is 0.169 e. The summed E-state index contributed by atoms with van der Waals surface area (Å²) < 4.78 is 25.1. The number of H-pyrrole nitrogens is 1. The lowest BCUT2D eigenvalue weighted by molar-refractivity contribution is 0.477. The number of aromatic amines is 1. The third-order valence-corrected chi connectivity index (χ3v) is 1.61. The molecular formula is C7H5F2N3. The van der Waals surface area contributed by atoms with Gasteiger partial charge in [-0.05, 0) is 0 Å². The zero-order chi connectivity index (χ0) is 8.55. The molecule has 0 atom stereocenters. The van der Waals surface area contributed by atoms with Crippen molar-refractivity contribution in [1.29, 1.82) is 0 Å². The van der Waals surface area contributed by atoms with Crippen molar-refractivity contribution in [3.8, 4) is 0 Å². The highest BCUT2D eigenvalue weighted by Gasteiger charge is 2.08. The molecule has 62 valence electrons. The van der Waals surface area contributed by atoms with Gasteiger partial charge in [-0.2, -0.15) is 0 Å². The lowest BCUT2D eigenvalue weighted by Crippen LogP contribution is -1.90. The third kappa shape index (κ3) is 0.861. The van der Waals surface area contributed by atoms with E-state index in [1.807, 2.05) is 0 Å². The number of fused-ring (bicyclic) bond motifs is 1. The van der Waals surface area contributed by atoms with Crippen LogP contribution in [0.15, 0.2) is 12.5 Å². The summed E-state index contributed by atoms with van der Waals surface area (Å²) in [7, 11) is 0. The van der Waals surface area contributed by atoms with Crippen LogP contribution in [0.1, 0.15) is 5.69 Å². The molecule has 0 amide bonds. The summed E-state index contributed by atoms with van der Waals surface area (Å²) in [5, 5.41) is 0. The Labute approximate surface area is 66.5 Å².